The van der Waals surface area contributed by atoms with Crippen LogP contribution in [-0.2, 0) is 0 Å². The van der Waals surface area contributed by atoms with Gasteiger partial charge in [-0.1, -0.05) is 33.1 Å². The van der Waals surface area contributed by atoms with E-state index >= 15 is 0 Å². The average Bonchev–Trinajstić information content (AvgIpc) is 2.00. The average molecular weight is 154 g/mol. The Morgan fingerprint density at radius 2 is 1.18 bits per heavy atom. The van der Waals surface area contributed by atoms with Crippen molar-refractivity contribution in [2.45, 2.75) is 58.8 Å². The second-order valence-electron chi connectivity index (χ2n) is 4.03. The van der Waals surface area contributed by atoms with Gasteiger partial charge >= 0.3 is 0 Å². The van der Waals surface area contributed by atoms with Crippen molar-refractivity contribution >= 4 is 0 Å². The second-order valence-corrected chi connectivity index (χ2v) is 4.03. The number of fused-ring (bicyclic) bond motifs is 1. The van der Waals surface area contributed by atoms with E-state index < -0.39 is 0 Å². The van der Waals surface area contributed by atoms with E-state index in [1.54, 1.807) is 25.7 Å². The summed E-state index contributed by atoms with van der Waals surface area (Å²) in [5.41, 5.74) is 0. The smallest absolute Gasteiger partial charge is 0.0386 e. The van der Waals surface area contributed by atoms with Crippen LogP contribution in [0.15, 0.2) is 0 Å². The van der Waals surface area contributed by atoms with Crippen molar-refractivity contribution in [3.8, 4) is 0 Å². The summed E-state index contributed by atoms with van der Waals surface area (Å²) in [4.78, 5) is 0. The van der Waals surface area contributed by atoms with Gasteiger partial charge in [0.1, 0.15) is 0 Å². The van der Waals surface area contributed by atoms with E-state index in [4.69, 9.17) is 0 Å². The molecule has 0 bridgehead atoms. The minimum absolute atomic E-state index is 1.21. The zero-order chi connectivity index (χ0) is 8.10. The second kappa shape index (κ2) is 4.79. The third-order valence-corrected chi connectivity index (χ3v) is 3.19. The number of hydrogen-bond donors (Lipinski definition) is 0. The van der Waals surface area contributed by atoms with Gasteiger partial charge in [-0.25, -0.2) is 0 Å². The van der Waals surface area contributed by atoms with Gasteiger partial charge in [-0.3, -0.25) is 0 Å². The van der Waals surface area contributed by atoms with Crippen LogP contribution in [0.25, 0.3) is 0 Å². The highest BCUT2D eigenvalue weighted by atomic mass is 14.4. The number of rotatable bonds is 2. The van der Waals surface area contributed by atoms with Crippen LogP contribution in [0.4, 0.5) is 0 Å². The molecule has 0 aromatic carbocycles. The van der Waals surface area contributed by atoms with Gasteiger partial charge in [0.05, 0.1) is 0 Å². The first-order valence-corrected chi connectivity index (χ1v) is 5.38. The maximum Gasteiger partial charge on any atom is -0.0386 e. The molecule has 2 fully saturated rings. The summed E-state index contributed by atoms with van der Waals surface area (Å²) < 4.78 is 0. The summed E-state index contributed by atoms with van der Waals surface area (Å²) >= 11 is 0. The predicted octanol–water partition coefficient (Wildman–Crippen LogP) is 4.00. The maximum atomic E-state index is 2.21. The minimum Gasteiger partial charge on any atom is -0.0654 e. The molecule has 0 amide bonds. The fourth-order valence-electron chi connectivity index (χ4n) is 1.92. The van der Waals surface area contributed by atoms with E-state index in [0.717, 1.165) is 0 Å². The standard InChI is InChI=1S/C6H10.C5H12/c1-2-6-4-3-5(1)6;1-3-5-4-2/h5-6H,1-4H2;3-5H2,1-2H3. The van der Waals surface area contributed by atoms with Gasteiger partial charge in [0.25, 0.3) is 0 Å². The first-order chi connectivity index (χ1) is 5.38. The largest absolute Gasteiger partial charge is 0.0654 e. The Bertz CT molecular complexity index is 76.2. The summed E-state index contributed by atoms with van der Waals surface area (Å²) in [6, 6.07) is 0. The van der Waals surface area contributed by atoms with Crippen molar-refractivity contribution in [2.75, 3.05) is 0 Å². The van der Waals surface area contributed by atoms with Crippen molar-refractivity contribution in [3.63, 3.8) is 0 Å². The van der Waals surface area contributed by atoms with Crippen molar-refractivity contribution in [3.05, 3.63) is 0 Å². The molecule has 0 N–H and O–H groups in total. The van der Waals surface area contributed by atoms with E-state index in [1.807, 2.05) is 0 Å². The first kappa shape index (κ1) is 9.09. The molecule has 2 aliphatic carbocycles. The van der Waals surface area contributed by atoms with Gasteiger partial charge in [0.2, 0.25) is 0 Å². The van der Waals surface area contributed by atoms with Crippen LogP contribution in [0.1, 0.15) is 58.8 Å². The molecule has 0 heterocycles. The molecule has 66 valence electrons. The molecule has 0 aromatic rings. The van der Waals surface area contributed by atoms with Crippen LogP contribution >= 0.6 is 0 Å². The van der Waals surface area contributed by atoms with E-state index in [9.17, 15) is 0 Å². The van der Waals surface area contributed by atoms with Gasteiger partial charge in [0, 0.05) is 0 Å². The van der Waals surface area contributed by atoms with Crippen molar-refractivity contribution in [1.82, 2.24) is 0 Å². The Labute approximate surface area is 71.4 Å². The molecular weight excluding hydrogens is 132 g/mol. The third-order valence-electron chi connectivity index (χ3n) is 3.19. The zero-order valence-corrected chi connectivity index (χ0v) is 8.10. The highest BCUT2D eigenvalue weighted by molar-refractivity contribution is 4.89. The summed E-state index contributed by atoms with van der Waals surface area (Å²) in [7, 11) is 0. The molecular formula is C11H22. The van der Waals surface area contributed by atoms with E-state index in [0.29, 0.717) is 0 Å². The molecule has 0 heteroatoms. The highest BCUT2D eigenvalue weighted by Crippen LogP contribution is 2.49. The Morgan fingerprint density at radius 3 is 1.18 bits per heavy atom. The topological polar surface area (TPSA) is 0 Å². The van der Waals surface area contributed by atoms with Gasteiger partial charge in [-0.05, 0) is 37.5 Å². The summed E-state index contributed by atoms with van der Waals surface area (Å²) in [6.07, 6.45) is 10.3. The maximum absolute atomic E-state index is 2.21. The molecule has 0 aliphatic heterocycles. The van der Waals surface area contributed by atoms with E-state index in [-0.39, 0.29) is 0 Å². The van der Waals surface area contributed by atoms with E-state index in [1.165, 1.54) is 31.1 Å². The summed E-state index contributed by atoms with van der Waals surface area (Å²) in [5, 5.41) is 0. The Hall–Kier alpha value is 0. The fourth-order valence-corrected chi connectivity index (χ4v) is 1.92. The Morgan fingerprint density at radius 1 is 0.818 bits per heavy atom. The van der Waals surface area contributed by atoms with Gasteiger partial charge in [-0.15, -0.1) is 0 Å². The molecule has 0 atom stereocenters. The quantitative estimate of drug-likeness (QED) is 0.564. The molecule has 0 radical (unpaired) electrons. The lowest BCUT2D eigenvalue weighted by atomic mass is 9.60. The lowest BCUT2D eigenvalue weighted by molar-refractivity contribution is 0.0548. The van der Waals surface area contributed by atoms with Crippen LogP contribution in [-0.4, -0.2) is 0 Å². The summed E-state index contributed by atoms with van der Waals surface area (Å²) in [5.74, 6) is 2.43. The lowest BCUT2D eigenvalue weighted by Crippen LogP contribution is -2.34. The van der Waals surface area contributed by atoms with Gasteiger partial charge in [-0.2, -0.15) is 0 Å². The van der Waals surface area contributed by atoms with Crippen molar-refractivity contribution in [1.29, 1.82) is 0 Å². The van der Waals surface area contributed by atoms with Crippen LogP contribution < -0.4 is 0 Å². The molecule has 2 rings (SSSR count). The Kier molecular flexibility index (Phi) is 3.96. The molecule has 2 aliphatic rings. The first-order valence-electron chi connectivity index (χ1n) is 5.38. The lowest BCUT2D eigenvalue weighted by Gasteiger charge is -2.46. The van der Waals surface area contributed by atoms with Crippen LogP contribution in [0.2, 0.25) is 0 Å². The zero-order valence-electron chi connectivity index (χ0n) is 8.10. The molecule has 0 spiro atoms. The summed E-state index contributed by atoms with van der Waals surface area (Å²) in [6.45, 7) is 4.42. The van der Waals surface area contributed by atoms with Gasteiger partial charge in [0.15, 0.2) is 0 Å². The molecule has 0 nitrogen and oxygen atoms in total. The number of unbranched alkanes of at least 4 members (excludes halogenated alkanes) is 2. The van der Waals surface area contributed by atoms with Crippen molar-refractivity contribution in [2.24, 2.45) is 11.8 Å². The van der Waals surface area contributed by atoms with Crippen LogP contribution in [0.3, 0.4) is 0 Å². The predicted molar refractivity (Wildman–Crippen MR) is 50.6 cm³/mol. The highest BCUT2D eigenvalue weighted by Gasteiger charge is 2.37. The van der Waals surface area contributed by atoms with Crippen molar-refractivity contribution < 1.29 is 0 Å². The Balaban J connectivity index is 0.000000114. The van der Waals surface area contributed by atoms with E-state index in [2.05, 4.69) is 13.8 Å². The van der Waals surface area contributed by atoms with Gasteiger partial charge < -0.3 is 0 Å². The molecule has 0 unspecified atom stereocenters. The molecule has 0 saturated heterocycles. The normalized spacial score (nSPS) is 32.2. The third kappa shape index (κ3) is 2.50. The van der Waals surface area contributed by atoms with Crippen LogP contribution in [0.5, 0.6) is 0 Å². The molecule has 2 saturated carbocycles. The fraction of sp³-hybridized carbons (Fsp3) is 1.00. The molecule has 11 heavy (non-hydrogen) atoms. The minimum atomic E-state index is 1.21. The van der Waals surface area contributed by atoms with Crippen LogP contribution in [0, 0.1) is 11.8 Å². The monoisotopic (exact) mass is 154 g/mol. The SMILES string of the molecule is C1CC2CCC12.CCCCC. The number of hydrogen-bond acceptors (Lipinski definition) is 0. The molecule has 0 aromatic heterocycles.